The summed E-state index contributed by atoms with van der Waals surface area (Å²) in [4.78, 5) is 0. The molecule has 116 valence electrons. The number of hydrogen-bond donors (Lipinski definition) is 1. The van der Waals surface area contributed by atoms with Crippen molar-refractivity contribution in [1.82, 2.24) is 0 Å². The van der Waals surface area contributed by atoms with Crippen LogP contribution in [0.15, 0.2) is 24.5 Å². The highest BCUT2D eigenvalue weighted by Gasteiger charge is 1.99. The number of unbranched alkanes of at least 4 members (excludes halogenated alkanes) is 5. The number of hydrogen-bond acceptors (Lipinski definition) is 2. The first kappa shape index (κ1) is 19.1. The van der Waals surface area contributed by atoms with Crippen molar-refractivity contribution in [1.29, 1.82) is 0 Å². The Morgan fingerprint density at radius 3 is 2.25 bits per heavy atom. The van der Waals surface area contributed by atoms with Gasteiger partial charge >= 0.3 is 0 Å². The highest BCUT2D eigenvalue weighted by molar-refractivity contribution is 7.85. The van der Waals surface area contributed by atoms with Crippen molar-refractivity contribution < 1.29 is 17.5 Å². The average molecular weight is 302 g/mol. The molecule has 0 spiro atoms. The molecular formula is C15H28NO3S+. The molecule has 0 radical (unpaired) electrons. The summed E-state index contributed by atoms with van der Waals surface area (Å²) in [5, 5.41) is 0. The maximum Gasteiger partial charge on any atom is 0.261 e. The van der Waals surface area contributed by atoms with Gasteiger partial charge in [0.15, 0.2) is 12.4 Å². The largest absolute Gasteiger partial charge is 0.286 e. The van der Waals surface area contributed by atoms with Gasteiger partial charge in [-0.1, -0.05) is 32.6 Å². The van der Waals surface area contributed by atoms with Gasteiger partial charge < -0.3 is 0 Å². The molecule has 0 unspecified atom stereocenters. The number of rotatable bonds is 7. The van der Waals surface area contributed by atoms with E-state index in [1.807, 2.05) is 0 Å². The molecule has 0 aliphatic carbocycles. The van der Waals surface area contributed by atoms with Crippen molar-refractivity contribution in [3.8, 4) is 0 Å². The van der Waals surface area contributed by atoms with Gasteiger partial charge in [0.25, 0.3) is 10.1 Å². The molecule has 1 aromatic rings. The third-order valence-corrected chi connectivity index (χ3v) is 2.78. The van der Waals surface area contributed by atoms with Crippen LogP contribution in [0.5, 0.6) is 0 Å². The quantitative estimate of drug-likeness (QED) is 0.478. The van der Waals surface area contributed by atoms with Gasteiger partial charge in [-0.05, 0) is 19.4 Å². The second kappa shape index (κ2) is 10.8. The van der Waals surface area contributed by atoms with Gasteiger partial charge in [0, 0.05) is 18.1 Å². The number of nitrogens with zero attached hydrogens (tertiary/aromatic N) is 1. The summed E-state index contributed by atoms with van der Waals surface area (Å²) in [6.45, 7) is 5.59. The van der Waals surface area contributed by atoms with Crippen molar-refractivity contribution in [2.45, 2.75) is 58.9 Å². The average Bonchev–Trinajstić information content (AvgIpc) is 2.32. The standard InChI is InChI=1S/C14H24N.CH4O3S/c1-3-4-5-6-7-8-11-15-12-9-10-14(2)13-15;1-5(2,3)4/h9-10,12-13H,3-8,11H2,1-2H3;1H3,(H,2,3,4)/q+1;. The molecule has 20 heavy (non-hydrogen) atoms. The van der Waals surface area contributed by atoms with Crippen molar-refractivity contribution >= 4 is 10.1 Å². The molecule has 0 fully saturated rings. The molecule has 1 heterocycles. The molecule has 0 aliphatic heterocycles. The zero-order valence-electron chi connectivity index (χ0n) is 12.9. The number of pyridine rings is 1. The van der Waals surface area contributed by atoms with Crippen LogP contribution in [0.4, 0.5) is 0 Å². The zero-order chi connectivity index (χ0) is 15.4. The minimum atomic E-state index is -3.67. The highest BCUT2D eigenvalue weighted by Crippen LogP contribution is 2.04. The summed E-state index contributed by atoms with van der Waals surface area (Å²) < 4.78 is 28.2. The van der Waals surface area contributed by atoms with Crippen LogP contribution in [-0.4, -0.2) is 19.2 Å². The zero-order valence-corrected chi connectivity index (χ0v) is 13.7. The van der Waals surface area contributed by atoms with Crippen LogP contribution in [0.2, 0.25) is 0 Å². The van der Waals surface area contributed by atoms with Gasteiger partial charge in [-0.15, -0.1) is 0 Å². The summed E-state index contributed by atoms with van der Waals surface area (Å²) in [6, 6.07) is 4.28. The van der Waals surface area contributed by atoms with Gasteiger partial charge in [0.05, 0.1) is 6.26 Å². The van der Waals surface area contributed by atoms with Crippen LogP contribution in [0.3, 0.4) is 0 Å². The van der Waals surface area contributed by atoms with Crippen molar-refractivity contribution in [3.05, 3.63) is 30.1 Å². The normalized spacial score (nSPS) is 10.8. The van der Waals surface area contributed by atoms with Crippen LogP contribution < -0.4 is 4.57 Å². The molecule has 0 aromatic carbocycles. The monoisotopic (exact) mass is 302 g/mol. The van der Waals surface area contributed by atoms with Gasteiger partial charge in [0.1, 0.15) is 6.54 Å². The summed E-state index contributed by atoms with van der Waals surface area (Å²) in [7, 11) is -3.67. The van der Waals surface area contributed by atoms with Crippen LogP contribution >= 0.6 is 0 Å². The molecule has 1 N–H and O–H groups in total. The topological polar surface area (TPSA) is 58.2 Å². The number of aromatic nitrogens is 1. The van der Waals surface area contributed by atoms with E-state index in [-0.39, 0.29) is 0 Å². The van der Waals surface area contributed by atoms with E-state index in [2.05, 4.69) is 42.9 Å². The third kappa shape index (κ3) is 15.1. The SMILES string of the molecule is CCCCCCCC[n+]1cccc(C)c1.CS(=O)(=O)O. The summed E-state index contributed by atoms with van der Waals surface area (Å²) in [5.41, 5.74) is 1.35. The Morgan fingerprint density at radius 1 is 1.15 bits per heavy atom. The van der Waals surface area contributed by atoms with E-state index in [0.29, 0.717) is 6.26 Å². The molecule has 1 rings (SSSR count). The highest BCUT2D eigenvalue weighted by atomic mass is 32.2. The lowest BCUT2D eigenvalue weighted by molar-refractivity contribution is -0.697. The van der Waals surface area contributed by atoms with E-state index in [1.54, 1.807) is 0 Å². The van der Waals surface area contributed by atoms with Gasteiger partial charge in [-0.2, -0.15) is 8.42 Å². The molecule has 0 saturated heterocycles. The van der Waals surface area contributed by atoms with Crippen molar-refractivity contribution in [3.63, 3.8) is 0 Å². The Balaban J connectivity index is 0.000000621. The fourth-order valence-electron chi connectivity index (χ4n) is 1.87. The Bertz CT molecular complexity index is 450. The maximum atomic E-state index is 9.19. The molecule has 0 amide bonds. The fourth-order valence-corrected chi connectivity index (χ4v) is 1.87. The summed E-state index contributed by atoms with van der Waals surface area (Å²) in [6.07, 6.45) is 13.4. The van der Waals surface area contributed by atoms with Gasteiger partial charge in [0.2, 0.25) is 0 Å². The smallest absolute Gasteiger partial charge is 0.261 e. The first-order chi connectivity index (χ1) is 9.33. The molecular weight excluding hydrogens is 274 g/mol. The van der Waals surface area contributed by atoms with Gasteiger partial charge in [-0.3, -0.25) is 4.55 Å². The Labute approximate surface area is 123 Å². The molecule has 5 heteroatoms. The Morgan fingerprint density at radius 2 is 1.70 bits per heavy atom. The second-order valence-corrected chi connectivity index (χ2v) is 6.59. The molecule has 0 saturated carbocycles. The van der Waals surface area contributed by atoms with Crippen LogP contribution in [0.25, 0.3) is 0 Å². The first-order valence-corrected chi connectivity index (χ1v) is 9.06. The summed E-state index contributed by atoms with van der Waals surface area (Å²) in [5.74, 6) is 0. The van der Waals surface area contributed by atoms with E-state index in [4.69, 9.17) is 4.55 Å². The minimum absolute atomic E-state index is 0.715. The maximum absolute atomic E-state index is 9.19. The summed E-state index contributed by atoms with van der Waals surface area (Å²) >= 11 is 0. The third-order valence-electron chi connectivity index (χ3n) is 2.78. The lowest BCUT2D eigenvalue weighted by Gasteiger charge is -1.99. The molecule has 0 bridgehead atoms. The van der Waals surface area contributed by atoms with E-state index in [9.17, 15) is 8.42 Å². The van der Waals surface area contributed by atoms with E-state index >= 15 is 0 Å². The van der Waals surface area contributed by atoms with Crippen LogP contribution in [0.1, 0.15) is 51.0 Å². The van der Waals surface area contributed by atoms with E-state index < -0.39 is 10.1 Å². The van der Waals surface area contributed by atoms with Crippen LogP contribution in [0, 0.1) is 6.92 Å². The Kier molecular flexibility index (Phi) is 10.3. The molecule has 4 nitrogen and oxygen atoms in total. The predicted molar refractivity (Wildman–Crippen MR) is 82.2 cm³/mol. The fraction of sp³-hybridized carbons (Fsp3) is 0.667. The lowest BCUT2D eigenvalue weighted by Crippen LogP contribution is -2.32. The Hall–Kier alpha value is -0.940. The van der Waals surface area contributed by atoms with E-state index in [0.717, 1.165) is 0 Å². The lowest BCUT2D eigenvalue weighted by atomic mass is 10.1. The molecule has 0 atom stereocenters. The molecule has 1 aromatic heterocycles. The minimum Gasteiger partial charge on any atom is -0.286 e. The van der Waals surface area contributed by atoms with Crippen molar-refractivity contribution in [2.75, 3.05) is 6.26 Å². The van der Waals surface area contributed by atoms with Crippen molar-refractivity contribution in [2.24, 2.45) is 0 Å². The van der Waals surface area contributed by atoms with Crippen LogP contribution in [-0.2, 0) is 16.7 Å². The first-order valence-electron chi connectivity index (χ1n) is 7.21. The predicted octanol–water partition coefficient (Wildman–Crippen LogP) is 3.15. The van der Waals surface area contributed by atoms with E-state index in [1.165, 1.54) is 50.6 Å². The van der Waals surface area contributed by atoms with Gasteiger partial charge in [-0.25, -0.2) is 4.57 Å². The second-order valence-electron chi connectivity index (χ2n) is 5.12. The molecule has 0 aliphatic rings. The number of aryl methyl sites for hydroxylation is 2.